The second kappa shape index (κ2) is 28.1. The molecular formula is C22H36O8. The van der Waals surface area contributed by atoms with E-state index in [1.807, 2.05) is 0 Å². The Balaban J connectivity index is -0.000000167. The number of hydrogen-bond donors (Lipinski definition) is 1. The second-order valence-corrected chi connectivity index (χ2v) is 5.30. The van der Waals surface area contributed by atoms with Gasteiger partial charge in [-0.2, -0.15) is 0 Å². The number of carbonyl (C=O) groups excluding carboxylic acids is 3. The van der Waals surface area contributed by atoms with E-state index in [9.17, 15) is 19.2 Å². The van der Waals surface area contributed by atoms with Crippen LogP contribution >= 0.6 is 0 Å². The molecule has 0 spiro atoms. The van der Waals surface area contributed by atoms with E-state index in [4.69, 9.17) is 9.84 Å². The number of carboxylic acids is 1. The first kappa shape index (κ1) is 34.4. The molecule has 0 heterocycles. The fourth-order valence-electron chi connectivity index (χ4n) is 1.36. The summed E-state index contributed by atoms with van der Waals surface area (Å²) in [4.78, 5) is 39.6. The minimum absolute atomic E-state index is 0.310. The van der Waals surface area contributed by atoms with Gasteiger partial charge in [-0.05, 0) is 12.3 Å². The maximum atomic E-state index is 10.8. The van der Waals surface area contributed by atoms with Crippen LogP contribution in [0.5, 0.6) is 0 Å². The topological polar surface area (TPSA) is 116 Å². The van der Waals surface area contributed by atoms with Crippen LogP contribution in [0.15, 0.2) is 50.8 Å². The molecule has 0 rings (SSSR count). The van der Waals surface area contributed by atoms with Crippen LogP contribution < -0.4 is 0 Å². The third-order valence-corrected chi connectivity index (χ3v) is 2.96. The number of esters is 3. The van der Waals surface area contributed by atoms with Crippen molar-refractivity contribution in [3.63, 3.8) is 0 Å². The van der Waals surface area contributed by atoms with Crippen LogP contribution in [0.2, 0.25) is 0 Å². The lowest BCUT2D eigenvalue weighted by molar-refractivity contribution is -0.139. The first-order valence-electron chi connectivity index (χ1n) is 9.22. The number of hydrogen-bond acceptors (Lipinski definition) is 7. The molecule has 0 aromatic rings. The molecule has 0 amide bonds. The van der Waals surface area contributed by atoms with E-state index in [1.54, 1.807) is 0 Å². The van der Waals surface area contributed by atoms with E-state index in [2.05, 4.69) is 49.6 Å². The number of aliphatic carboxylic acids is 1. The summed E-state index contributed by atoms with van der Waals surface area (Å²) in [7, 11) is 1.31. The van der Waals surface area contributed by atoms with Crippen LogP contribution in [0.25, 0.3) is 0 Å². The van der Waals surface area contributed by atoms with E-state index in [0.717, 1.165) is 31.3 Å². The molecule has 0 bridgehead atoms. The van der Waals surface area contributed by atoms with Crippen molar-refractivity contribution < 1.29 is 38.5 Å². The third-order valence-electron chi connectivity index (χ3n) is 2.96. The van der Waals surface area contributed by atoms with E-state index in [1.165, 1.54) is 33.0 Å². The van der Waals surface area contributed by atoms with Crippen LogP contribution in [-0.4, -0.2) is 42.7 Å². The van der Waals surface area contributed by atoms with Gasteiger partial charge in [-0.15, -0.1) is 0 Å². The predicted octanol–water partition coefficient (Wildman–Crippen LogP) is 4.23. The highest BCUT2D eigenvalue weighted by Gasteiger charge is 2.07. The SMILES string of the molecule is C=CC(=O)O.C=CC(=O)OC.C=CC(=O)OCC(CC)CCCC.C=COC(C)=O. The van der Waals surface area contributed by atoms with E-state index in [-0.39, 0.29) is 11.9 Å². The highest BCUT2D eigenvalue weighted by atomic mass is 16.5. The highest BCUT2D eigenvalue weighted by Crippen LogP contribution is 2.12. The van der Waals surface area contributed by atoms with Crippen molar-refractivity contribution in [1.29, 1.82) is 0 Å². The van der Waals surface area contributed by atoms with Crippen molar-refractivity contribution in [3.8, 4) is 0 Å². The molecule has 0 aromatic heterocycles. The average Bonchev–Trinajstić information content (AvgIpc) is 2.74. The largest absolute Gasteiger partial charge is 0.478 e. The van der Waals surface area contributed by atoms with E-state index in [0.29, 0.717) is 12.5 Å². The molecule has 0 aliphatic carbocycles. The second-order valence-electron chi connectivity index (χ2n) is 5.30. The molecule has 0 aliphatic rings. The van der Waals surface area contributed by atoms with Crippen molar-refractivity contribution in [1.82, 2.24) is 0 Å². The summed E-state index contributed by atoms with van der Waals surface area (Å²) in [5.41, 5.74) is 0. The van der Waals surface area contributed by atoms with Gasteiger partial charge in [0.15, 0.2) is 0 Å². The first-order valence-corrected chi connectivity index (χ1v) is 9.22. The zero-order valence-corrected chi connectivity index (χ0v) is 18.6. The third kappa shape index (κ3) is 39.8. The number of rotatable bonds is 10. The summed E-state index contributed by atoms with van der Waals surface area (Å²) in [5.74, 6) is -1.50. The summed E-state index contributed by atoms with van der Waals surface area (Å²) >= 11 is 0. The molecule has 1 N–H and O–H groups in total. The average molecular weight is 429 g/mol. The predicted molar refractivity (Wildman–Crippen MR) is 116 cm³/mol. The van der Waals surface area contributed by atoms with Crippen LogP contribution in [0.4, 0.5) is 0 Å². The molecule has 30 heavy (non-hydrogen) atoms. The Kier molecular flexibility index (Phi) is 32.1. The Morgan fingerprint density at radius 1 is 0.967 bits per heavy atom. The smallest absolute Gasteiger partial charge is 0.330 e. The van der Waals surface area contributed by atoms with Crippen LogP contribution in [-0.2, 0) is 33.4 Å². The Hall–Kier alpha value is -3.16. The molecule has 0 saturated heterocycles. The van der Waals surface area contributed by atoms with E-state index >= 15 is 0 Å². The number of carbonyl (C=O) groups is 4. The summed E-state index contributed by atoms with van der Waals surface area (Å²) in [6, 6.07) is 0. The van der Waals surface area contributed by atoms with Gasteiger partial charge in [-0.25, -0.2) is 14.4 Å². The molecule has 1 atom stereocenters. The van der Waals surface area contributed by atoms with Gasteiger partial charge in [0.2, 0.25) is 0 Å². The van der Waals surface area contributed by atoms with Gasteiger partial charge in [-0.1, -0.05) is 59.4 Å². The number of carboxylic acid groups (broad SMARTS) is 1. The molecule has 1 unspecified atom stereocenters. The van der Waals surface area contributed by atoms with Gasteiger partial charge in [-0.3, -0.25) is 4.79 Å². The van der Waals surface area contributed by atoms with Crippen molar-refractivity contribution in [2.45, 2.75) is 46.5 Å². The minimum atomic E-state index is -0.981. The monoisotopic (exact) mass is 428 g/mol. The lowest BCUT2D eigenvalue weighted by atomic mass is 10.0. The normalized spacial score (nSPS) is 9.07. The van der Waals surface area contributed by atoms with Gasteiger partial charge >= 0.3 is 23.9 Å². The zero-order valence-electron chi connectivity index (χ0n) is 18.6. The lowest BCUT2D eigenvalue weighted by Crippen LogP contribution is -2.12. The summed E-state index contributed by atoms with van der Waals surface area (Å²) in [6.07, 6.45) is 8.90. The molecule has 0 aromatic carbocycles. The molecule has 8 nitrogen and oxygen atoms in total. The van der Waals surface area contributed by atoms with Crippen LogP contribution in [0, 0.1) is 5.92 Å². The number of ether oxygens (including phenoxy) is 3. The molecule has 8 heteroatoms. The zero-order chi connectivity index (χ0) is 24.4. The van der Waals surface area contributed by atoms with Gasteiger partial charge in [0.25, 0.3) is 0 Å². The quantitative estimate of drug-likeness (QED) is 0.238. The molecule has 0 radical (unpaired) electrons. The fraction of sp³-hybridized carbons (Fsp3) is 0.455. The van der Waals surface area contributed by atoms with Gasteiger partial charge in [0, 0.05) is 25.2 Å². The van der Waals surface area contributed by atoms with Gasteiger partial charge in [0.1, 0.15) is 0 Å². The lowest BCUT2D eigenvalue weighted by Gasteiger charge is -2.13. The van der Waals surface area contributed by atoms with Crippen LogP contribution in [0.3, 0.4) is 0 Å². The molecule has 172 valence electrons. The molecule has 0 fully saturated rings. The minimum Gasteiger partial charge on any atom is -0.478 e. The fourth-order valence-corrected chi connectivity index (χ4v) is 1.36. The van der Waals surface area contributed by atoms with Gasteiger partial charge in [0.05, 0.1) is 20.0 Å². The highest BCUT2D eigenvalue weighted by molar-refractivity contribution is 5.81. The van der Waals surface area contributed by atoms with Crippen molar-refractivity contribution >= 4 is 23.9 Å². The summed E-state index contributed by atoms with van der Waals surface area (Å²) < 4.78 is 13.3. The number of methoxy groups -OCH3 is 1. The Morgan fingerprint density at radius 2 is 1.47 bits per heavy atom. The maximum Gasteiger partial charge on any atom is 0.330 e. The maximum absolute atomic E-state index is 10.8. The molecule has 0 aliphatic heterocycles. The Morgan fingerprint density at radius 3 is 1.67 bits per heavy atom. The molecule has 0 saturated carbocycles. The number of unbranched alkanes of at least 4 members (excludes halogenated alkanes) is 1. The van der Waals surface area contributed by atoms with E-state index < -0.39 is 11.9 Å². The standard InChI is InChI=1S/C11H20O2.2C4H6O2.C3H4O2/c1-4-7-8-10(5-2)9-13-11(12)6-3;1-3-4(5)6-2;1-3-6-4(2)5;1-2-3(4)5/h6,10H,3-5,7-9H2,1-2H3;2*3H,1H2,2H3;2H,1H2,(H,4,5). The van der Waals surface area contributed by atoms with Crippen molar-refractivity contribution in [2.24, 2.45) is 5.92 Å². The first-order chi connectivity index (χ1) is 14.1. The Labute approximate surface area is 179 Å². The Bertz CT molecular complexity index is 523. The van der Waals surface area contributed by atoms with Crippen molar-refractivity contribution in [3.05, 3.63) is 50.8 Å². The van der Waals surface area contributed by atoms with Crippen LogP contribution in [0.1, 0.15) is 46.5 Å². The summed E-state index contributed by atoms with van der Waals surface area (Å²) in [6.45, 7) is 18.8. The van der Waals surface area contributed by atoms with Gasteiger partial charge < -0.3 is 19.3 Å². The summed E-state index contributed by atoms with van der Waals surface area (Å²) in [5, 5.41) is 7.60. The molecular weight excluding hydrogens is 392 g/mol. The van der Waals surface area contributed by atoms with Crippen molar-refractivity contribution in [2.75, 3.05) is 13.7 Å².